The van der Waals surface area contributed by atoms with Gasteiger partial charge in [0.2, 0.25) is 0 Å². The first kappa shape index (κ1) is 11.5. The predicted octanol–water partition coefficient (Wildman–Crippen LogP) is 1.90. The van der Waals surface area contributed by atoms with E-state index >= 15 is 0 Å². The highest BCUT2D eigenvalue weighted by atomic mass is 32.2. The van der Waals surface area contributed by atoms with E-state index in [-0.39, 0.29) is 11.8 Å². The van der Waals surface area contributed by atoms with Gasteiger partial charge in [0.25, 0.3) is 0 Å². The molecule has 3 nitrogen and oxygen atoms in total. The number of anilines is 1. The van der Waals surface area contributed by atoms with Crippen LogP contribution in [0, 0.1) is 13.8 Å². The standard InChI is InChI=1S/C12H17NO2S/c1-9-4-3-5-12(10(9)2)13-11-6-7-16(14,15)8-11/h3-5,11,13H,6-8H2,1-2H3. The summed E-state index contributed by atoms with van der Waals surface area (Å²) in [6, 6.07) is 6.14. The highest BCUT2D eigenvalue weighted by Gasteiger charge is 2.27. The number of aryl methyl sites for hydroxylation is 1. The quantitative estimate of drug-likeness (QED) is 0.857. The molecule has 1 atom stereocenters. The highest BCUT2D eigenvalue weighted by Crippen LogP contribution is 2.22. The third-order valence-corrected chi connectivity index (χ3v) is 4.96. The molecule has 1 aromatic carbocycles. The zero-order chi connectivity index (χ0) is 11.8. The van der Waals surface area contributed by atoms with E-state index in [4.69, 9.17) is 0 Å². The van der Waals surface area contributed by atoms with Gasteiger partial charge in [-0.05, 0) is 37.5 Å². The zero-order valence-corrected chi connectivity index (χ0v) is 10.5. The van der Waals surface area contributed by atoms with Crippen LogP contribution in [0.15, 0.2) is 18.2 Å². The zero-order valence-electron chi connectivity index (χ0n) is 9.66. The van der Waals surface area contributed by atoms with Crippen LogP contribution < -0.4 is 5.32 Å². The van der Waals surface area contributed by atoms with Gasteiger partial charge in [-0.3, -0.25) is 0 Å². The van der Waals surface area contributed by atoms with Gasteiger partial charge in [-0.25, -0.2) is 8.42 Å². The second kappa shape index (κ2) is 4.09. The normalized spacial score (nSPS) is 23.2. The maximum absolute atomic E-state index is 11.3. The Morgan fingerprint density at radius 3 is 2.69 bits per heavy atom. The number of sulfone groups is 1. The van der Waals surface area contributed by atoms with Gasteiger partial charge in [-0.1, -0.05) is 12.1 Å². The van der Waals surface area contributed by atoms with Crippen molar-refractivity contribution in [2.45, 2.75) is 26.3 Å². The van der Waals surface area contributed by atoms with E-state index in [9.17, 15) is 8.42 Å². The summed E-state index contributed by atoms with van der Waals surface area (Å²) in [5.74, 6) is 0.579. The molecule has 0 bridgehead atoms. The fraction of sp³-hybridized carbons (Fsp3) is 0.500. The molecule has 0 radical (unpaired) electrons. The molecule has 1 aliphatic heterocycles. The second-order valence-electron chi connectivity index (χ2n) is 4.49. The summed E-state index contributed by atoms with van der Waals surface area (Å²) >= 11 is 0. The Bertz CT molecular complexity index is 494. The van der Waals surface area contributed by atoms with Gasteiger partial charge in [-0.15, -0.1) is 0 Å². The van der Waals surface area contributed by atoms with Crippen molar-refractivity contribution in [2.24, 2.45) is 0 Å². The minimum absolute atomic E-state index is 0.0745. The lowest BCUT2D eigenvalue weighted by Crippen LogP contribution is -2.21. The number of hydrogen-bond donors (Lipinski definition) is 1. The van der Waals surface area contributed by atoms with Gasteiger partial charge in [-0.2, -0.15) is 0 Å². The van der Waals surface area contributed by atoms with E-state index in [1.165, 1.54) is 11.1 Å². The first-order valence-corrected chi connectivity index (χ1v) is 7.33. The molecule has 1 aliphatic rings. The van der Waals surface area contributed by atoms with Crippen molar-refractivity contribution in [2.75, 3.05) is 16.8 Å². The number of hydrogen-bond acceptors (Lipinski definition) is 3. The lowest BCUT2D eigenvalue weighted by atomic mass is 10.1. The molecule has 4 heteroatoms. The van der Waals surface area contributed by atoms with E-state index in [1.807, 2.05) is 12.1 Å². The van der Waals surface area contributed by atoms with Crippen LogP contribution in [0.2, 0.25) is 0 Å². The average molecular weight is 239 g/mol. The number of nitrogens with one attached hydrogen (secondary N) is 1. The third-order valence-electron chi connectivity index (χ3n) is 3.20. The summed E-state index contributed by atoms with van der Waals surface area (Å²) in [4.78, 5) is 0. The smallest absolute Gasteiger partial charge is 0.152 e. The van der Waals surface area contributed by atoms with Gasteiger partial charge in [0, 0.05) is 11.7 Å². The van der Waals surface area contributed by atoms with E-state index in [0.717, 1.165) is 12.1 Å². The van der Waals surface area contributed by atoms with Crippen molar-refractivity contribution in [1.29, 1.82) is 0 Å². The van der Waals surface area contributed by atoms with Crippen molar-refractivity contribution in [3.8, 4) is 0 Å². The second-order valence-corrected chi connectivity index (χ2v) is 6.72. The molecule has 1 N–H and O–H groups in total. The molecular formula is C12H17NO2S. The third kappa shape index (κ3) is 2.38. The van der Waals surface area contributed by atoms with E-state index in [2.05, 4.69) is 25.2 Å². The fourth-order valence-corrected chi connectivity index (χ4v) is 3.71. The molecule has 1 aromatic rings. The van der Waals surface area contributed by atoms with Gasteiger partial charge in [0.15, 0.2) is 9.84 Å². The van der Waals surface area contributed by atoms with Crippen molar-refractivity contribution in [3.05, 3.63) is 29.3 Å². The predicted molar refractivity (Wildman–Crippen MR) is 66.6 cm³/mol. The molecule has 0 saturated carbocycles. The maximum Gasteiger partial charge on any atom is 0.152 e. The minimum Gasteiger partial charge on any atom is -0.381 e. The summed E-state index contributed by atoms with van der Waals surface area (Å²) in [6.45, 7) is 4.12. The number of rotatable bonds is 2. The van der Waals surface area contributed by atoms with Crippen LogP contribution in [0.1, 0.15) is 17.5 Å². The highest BCUT2D eigenvalue weighted by molar-refractivity contribution is 7.91. The monoisotopic (exact) mass is 239 g/mol. The van der Waals surface area contributed by atoms with Crippen LogP contribution in [0.5, 0.6) is 0 Å². The average Bonchev–Trinajstić information content (AvgIpc) is 2.53. The fourth-order valence-electron chi connectivity index (χ4n) is 2.04. The summed E-state index contributed by atoms with van der Waals surface area (Å²) in [7, 11) is -2.80. The minimum atomic E-state index is -2.80. The van der Waals surface area contributed by atoms with Crippen LogP contribution in [0.3, 0.4) is 0 Å². The Morgan fingerprint density at radius 2 is 2.06 bits per heavy atom. The SMILES string of the molecule is Cc1cccc(NC2CCS(=O)(=O)C2)c1C. The maximum atomic E-state index is 11.3. The van der Waals surface area contributed by atoms with Crippen molar-refractivity contribution < 1.29 is 8.42 Å². The van der Waals surface area contributed by atoms with E-state index < -0.39 is 9.84 Å². The van der Waals surface area contributed by atoms with Crippen molar-refractivity contribution in [1.82, 2.24) is 0 Å². The first-order chi connectivity index (χ1) is 7.48. The lowest BCUT2D eigenvalue weighted by Gasteiger charge is -2.15. The molecule has 1 unspecified atom stereocenters. The van der Waals surface area contributed by atoms with Crippen LogP contribution in [-0.2, 0) is 9.84 Å². The molecule has 2 rings (SSSR count). The number of benzene rings is 1. The molecule has 0 amide bonds. The van der Waals surface area contributed by atoms with Gasteiger partial charge in [0.05, 0.1) is 11.5 Å². The molecule has 0 aromatic heterocycles. The lowest BCUT2D eigenvalue weighted by molar-refractivity contribution is 0.602. The van der Waals surface area contributed by atoms with Crippen LogP contribution in [0.25, 0.3) is 0 Å². The van der Waals surface area contributed by atoms with Crippen LogP contribution in [0.4, 0.5) is 5.69 Å². The van der Waals surface area contributed by atoms with Crippen molar-refractivity contribution in [3.63, 3.8) is 0 Å². The summed E-state index contributed by atoms with van der Waals surface area (Å²) in [5.41, 5.74) is 3.49. The Morgan fingerprint density at radius 1 is 1.31 bits per heavy atom. The molecule has 1 saturated heterocycles. The van der Waals surface area contributed by atoms with Gasteiger partial charge < -0.3 is 5.32 Å². The topological polar surface area (TPSA) is 46.2 Å². The molecule has 0 aliphatic carbocycles. The van der Waals surface area contributed by atoms with Crippen LogP contribution in [-0.4, -0.2) is 26.0 Å². The Hall–Kier alpha value is -1.03. The first-order valence-electron chi connectivity index (χ1n) is 5.51. The Labute approximate surface area is 96.8 Å². The molecule has 88 valence electrons. The van der Waals surface area contributed by atoms with E-state index in [0.29, 0.717) is 5.75 Å². The molecule has 0 spiro atoms. The van der Waals surface area contributed by atoms with Gasteiger partial charge >= 0.3 is 0 Å². The molecule has 1 fully saturated rings. The van der Waals surface area contributed by atoms with Crippen LogP contribution >= 0.6 is 0 Å². The van der Waals surface area contributed by atoms with Gasteiger partial charge in [0.1, 0.15) is 0 Å². The molecule has 16 heavy (non-hydrogen) atoms. The Balaban J connectivity index is 2.14. The summed E-state index contributed by atoms with van der Waals surface area (Å²) < 4.78 is 22.7. The van der Waals surface area contributed by atoms with E-state index in [1.54, 1.807) is 0 Å². The van der Waals surface area contributed by atoms with Crippen molar-refractivity contribution >= 4 is 15.5 Å². The Kier molecular flexibility index (Phi) is 2.93. The molecule has 1 heterocycles. The summed E-state index contributed by atoms with van der Waals surface area (Å²) in [6.07, 6.45) is 0.718. The molecular weight excluding hydrogens is 222 g/mol. The summed E-state index contributed by atoms with van der Waals surface area (Å²) in [5, 5.41) is 3.33. The largest absolute Gasteiger partial charge is 0.381 e.